The third kappa shape index (κ3) is 2.51. The van der Waals surface area contributed by atoms with E-state index in [1.54, 1.807) is 0 Å². The van der Waals surface area contributed by atoms with E-state index < -0.39 is 0 Å². The van der Waals surface area contributed by atoms with Crippen LogP contribution in [0, 0.1) is 0 Å². The second-order valence-corrected chi connectivity index (χ2v) is 4.23. The Hall–Kier alpha value is -1.02. The van der Waals surface area contributed by atoms with Crippen molar-refractivity contribution in [3.8, 4) is 0 Å². The second kappa shape index (κ2) is 4.67. The number of benzene rings is 1. The molecule has 2 nitrogen and oxygen atoms in total. The van der Waals surface area contributed by atoms with Crippen LogP contribution in [0.4, 0.5) is 0 Å². The minimum Gasteiger partial charge on any atom is -0.367 e. The fourth-order valence-electron chi connectivity index (χ4n) is 1.81. The Morgan fingerprint density at radius 3 is 2.87 bits per heavy atom. The van der Waals surface area contributed by atoms with Gasteiger partial charge in [-0.3, -0.25) is 4.99 Å². The summed E-state index contributed by atoms with van der Waals surface area (Å²) in [5, 5.41) is 4.22. The molecule has 0 aliphatic carbocycles. The first-order valence-electron chi connectivity index (χ1n) is 5.31. The summed E-state index contributed by atoms with van der Waals surface area (Å²) in [6.07, 6.45) is 2.23. The molecule has 0 fully saturated rings. The van der Waals surface area contributed by atoms with Crippen LogP contribution >= 0.6 is 11.6 Å². The van der Waals surface area contributed by atoms with Crippen molar-refractivity contribution in [2.45, 2.75) is 25.8 Å². The van der Waals surface area contributed by atoms with Crippen LogP contribution in [-0.2, 0) is 0 Å². The molecule has 0 bridgehead atoms. The molecule has 1 aliphatic heterocycles. The molecule has 1 aliphatic rings. The van der Waals surface area contributed by atoms with E-state index in [0.717, 1.165) is 35.8 Å². The average molecular weight is 223 g/mol. The summed E-state index contributed by atoms with van der Waals surface area (Å²) < 4.78 is 0. The molecule has 0 saturated carbocycles. The van der Waals surface area contributed by atoms with E-state index in [-0.39, 0.29) is 6.04 Å². The predicted octanol–water partition coefficient (Wildman–Crippen LogP) is 3.18. The molecule has 80 valence electrons. The highest BCUT2D eigenvalue weighted by molar-refractivity contribution is 6.31. The summed E-state index contributed by atoms with van der Waals surface area (Å²) in [4.78, 5) is 4.39. The molecule has 0 amide bonds. The molecule has 0 aromatic heterocycles. The molecule has 1 atom stereocenters. The molecule has 1 heterocycles. The number of nitrogens with zero attached hydrogens (tertiary/aromatic N) is 1. The Morgan fingerprint density at radius 1 is 1.40 bits per heavy atom. The molecule has 0 spiro atoms. The van der Waals surface area contributed by atoms with Crippen molar-refractivity contribution in [3.63, 3.8) is 0 Å². The number of amidine groups is 1. The predicted molar refractivity (Wildman–Crippen MR) is 64.5 cm³/mol. The van der Waals surface area contributed by atoms with Gasteiger partial charge in [-0.2, -0.15) is 0 Å². The lowest BCUT2D eigenvalue weighted by Crippen LogP contribution is -2.25. The van der Waals surface area contributed by atoms with E-state index in [4.69, 9.17) is 11.6 Å². The molecule has 0 unspecified atom stereocenters. The lowest BCUT2D eigenvalue weighted by Gasteiger charge is -2.16. The number of hydrogen-bond acceptors (Lipinski definition) is 2. The average Bonchev–Trinajstić information content (AvgIpc) is 2.71. The van der Waals surface area contributed by atoms with Crippen molar-refractivity contribution in [3.05, 3.63) is 34.9 Å². The fraction of sp³-hybridized carbons (Fsp3) is 0.417. The van der Waals surface area contributed by atoms with Crippen molar-refractivity contribution < 1.29 is 0 Å². The van der Waals surface area contributed by atoms with Crippen molar-refractivity contribution in [2.75, 3.05) is 6.54 Å². The largest absolute Gasteiger partial charge is 0.367 e. The van der Waals surface area contributed by atoms with Crippen LogP contribution < -0.4 is 5.32 Å². The first-order valence-corrected chi connectivity index (χ1v) is 5.69. The molecule has 15 heavy (non-hydrogen) atoms. The summed E-state index contributed by atoms with van der Waals surface area (Å²) in [6, 6.07) is 8.17. The van der Waals surface area contributed by atoms with Crippen molar-refractivity contribution in [1.82, 2.24) is 5.32 Å². The minimum atomic E-state index is 0.232. The van der Waals surface area contributed by atoms with E-state index in [2.05, 4.69) is 23.3 Å². The van der Waals surface area contributed by atoms with Gasteiger partial charge in [0.1, 0.15) is 0 Å². The summed E-state index contributed by atoms with van der Waals surface area (Å²) in [7, 11) is 0. The molecule has 1 aromatic carbocycles. The molecular formula is C12H15ClN2. The maximum absolute atomic E-state index is 6.12. The van der Waals surface area contributed by atoms with Gasteiger partial charge in [0.05, 0.1) is 11.9 Å². The van der Waals surface area contributed by atoms with Gasteiger partial charge in [0.2, 0.25) is 0 Å². The van der Waals surface area contributed by atoms with Crippen LogP contribution in [0.1, 0.15) is 31.4 Å². The second-order valence-electron chi connectivity index (χ2n) is 3.82. The van der Waals surface area contributed by atoms with Crippen LogP contribution in [0.25, 0.3) is 0 Å². The SMILES string of the molecule is C[C@@H](NC1=NCCC1)c1ccccc1Cl. The third-order valence-corrected chi connectivity index (χ3v) is 2.97. The summed E-state index contributed by atoms with van der Waals surface area (Å²) in [5.41, 5.74) is 1.13. The van der Waals surface area contributed by atoms with Gasteiger partial charge in [-0.15, -0.1) is 0 Å². The topological polar surface area (TPSA) is 24.4 Å². The maximum Gasteiger partial charge on any atom is 0.0968 e. The number of rotatable bonds is 2. The van der Waals surface area contributed by atoms with Crippen LogP contribution in [0.5, 0.6) is 0 Å². The van der Waals surface area contributed by atoms with E-state index in [9.17, 15) is 0 Å². The number of aliphatic imine (C=N–C) groups is 1. The van der Waals surface area contributed by atoms with Crippen LogP contribution in [0.2, 0.25) is 5.02 Å². The third-order valence-electron chi connectivity index (χ3n) is 2.63. The zero-order valence-electron chi connectivity index (χ0n) is 8.83. The molecule has 0 radical (unpaired) electrons. The van der Waals surface area contributed by atoms with Crippen LogP contribution in [-0.4, -0.2) is 12.4 Å². The Morgan fingerprint density at radius 2 is 2.20 bits per heavy atom. The lowest BCUT2D eigenvalue weighted by atomic mass is 10.1. The van der Waals surface area contributed by atoms with Gasteiger partial charge in [-0.25, -0.2) is 0 Å². The van der Waals surface area contributed by atoms with Gasteiger partial charge in [-0.05, 0) is 25.0 Å². The number of hydrogen-bond donors (Lipinski definition) is 1. The zero-order chi connectivity index (χ0) is 10.7. The molecule has 0 saturated heterocycles. The van der Waals surface area contributed by atoms with Gasteiger partial charge in [-0.1, -0.05) is 29.8 Å². The van der Waals surface area contributed by atoms with E-state index >= 15 is 0 Å². The van der Waals surface area contributed by atoms with Crippen LogP contribution in [0.15, 0.2) is 29.3 Å². The van der Waals surface area contributed by atoms with E-state index in [0.29, 0.717) is 0 Å². The van der Waals surface area contributed by atoms with E-state index in [1.165, 1.54) is 0 Å². The Balaban J connectivity index is 2.07. The Labute approximate surface area is 95.4 Å². The van der Waals surface area contributed by atoms with Gasteiger partial charge in [0.25, 0.3) is 0 Å². The van der Waals surface area contributed by atoms with Gasteiger partial charge >= 0.3 is 0 Å². The van der Waals surface area contributed by atoms with Crippen LogP contribution in [0.3, 0.4) is 0 Å². The molecular weight excluding hydrogens is 208 g/mol. The van der Waals surface area contributed by atoms with Gasteiger partial charge < -0.3 is 5.32 Å². The number of halogens is 1. The Bertz CT molecular complexity index is 374. The standard InChI is InChI=1S/C12H15ClN2/c1-9(15-12-7-4-8-14-12)10-5-2-3-6-11(10)13/h2-3,5-6,9H,4,7-8H2,1H3,(H,14,15)/t9-/m1/s1. The van der Waals surface area contributed by atoms with Gasteiger partial charge in [0, 0.05) is 18.0 Å². The highest BCUT2D eigenvalue weighted by Crippen LogP contribution is 2.22. The molecule has 1 N–H and O–H groups in total. The van der Waals surface area contributed by atoms with Crippen molar-refractivity contribution in [1.29, 1.82) is 0 Å². The lowest BCUT2D eigenvalue weighted by molar-refractivity contribution is 0.709. The first-order chi connectivity index (χ1) is 7.27. The normalized spacial score (nSPS) is 17.3. The number of nitrogens with one attached hydrogen (secondary N) is 1. The monoisotopic (exact) mass is 222 g/mol. The molecule has 3 heteroatoms. The maximum atomic E-state index is 6.12. The highest BCUT2D eigenvalue weighted by atomic mass is 35.5. The zero-order valence-corrected chi connectivity index (χ0v) is 9.59. The first kappa shape index (κ1) is 10.5. The highest BCUT2D eigenvalue weighted by Gasteiger charge is 2.12. The summed E-state index contributed by atoms with van der Waals surface area (Å²) >= 11 is 6.12. The smallest absolute Gasteiger partial charge is 0.0968 e. The Kier molecular flexibility index (Phi) is 3.27. The van der Waals surface area contributed by atoms with Crippen molar-refractivity contribution in [2.24, 2.45) is 4.99 Å². The quantitative estimate of drug-likeness (QED) is 0.817. The molecule has 1 aromatic rings. The molecule has 2 rings (SSSR count). The van der Waals surface area contributed by atoms with Gasteiger partial charge in [0.15, 0.2) is 0 Å². The minimum absolute atomic E-state index is 0.232. The van der Waals surface area contributed by atoms with E-state index in [1.807, 2.05) is 18.2 Å². The summed E-state index contributed by atoms with van der Waals surface area (Å²) in [5.74, 6) is 1.11. The van der Waals surface area contributed by atoms with Crippen molar-refractivity contribution >= 4 is 17.4 Å². The summed E-state index contributed by atoms with van der Waals surface area (Å²) in [6.45, 7) is 3.07. The fourth-order valence-corrected chi connectivity index (χ4v) is 2.11.